The van der Waals surface area contributed by atoms with Crippen molar-refractivity contribution in [1.29, 1.82) is 0 Å². The van der Waals surface area contributed by atoms with E-state index in [0.29, 0.717) is 0 Å². The van der Waals surface area contributed by atoms with Crippen molar-refractivity contribution in [2.45, 2.75) is 27.7 Å². The Kier molecular flexibility index (Phi) is 16.9. The zero-order valence-corrected chi connectivity index (χ0v) is 38.2. The number of amides is 1. The van der Waals surface area contributed by atoms with Crippen LogP contribution in [-0.4, -0.2) is 160 Å². The first-order valence-corrected chi connectivity index (χ1v) is 18.6. The summed E-state index contributed by atoms with van der Waals surface area (Å²) in [4.78, 5) is 23.4. The minimum atomic E-state index is -4.88. The molecule has 53 heavy (non-hydrogen) atoms. The van der Waals surface area contributed by atoms with E-state index in [4.69, 9.17) is 34.8 Å². The van der Waals surface area contributed by atoms with Crippen molar-refractivity contribution in [3.8, 4) is 0 Å². The van der Waals surface area contributed by atoms with Gasteiger partial charge in [-0.1, -0.05) is 29.3 Å². The summed E-state index contributed by atoms with van der Waals surface area (Å²) < 4.78 is 98.8. The molecule has 19 nitrogen and oxygen atoms in total. The monoisotopic (exact) mass is 874 g/mol. The van der Waals surface area contributed by atoms with Gasteiger partial charge in [0.15, 0.2) is 6.04 Å². The number of anilines is 5. The number of carbonyl (C=O) groups is 1. The van der Waals surface area contributed by atoms with E-state index in [1.165, 1.54) is 25.1 Å². The fourth-order valence-electron chi connectivity index (χ4n) is 4.21. The Labute approximate surface area is 382 Å². The van der Waals surface area contributed by atoms with Crippen LogP contribution in [0.1, 0.15) is 6.92 Å². The molecule has 5 rings (SSSR count). The van der Waals surface area contributed by atoms with E-state index in [0.717, 1.165) is 41.4 Å². The van der Waals surface area contributed by atoms with Gasteiger partial charge in [-0.2, -0.15) is 60.5 Å². The van der Waals surface area contributed by atoms with Crippen LogP contribution in [0.25, 0.3) is 0 Å². The van der Waals surface area contributed by atoms with Crippen molar-refractivity contribution in [2.75, 3.05) is 15.6 Å². The van der Waals surface area contributed by atoms with E-state index in [-0.39, 0.29) is 134 Å². The van der Waals surface area contributed by atoms with Gasteiger partial charge >= 0.3 is 0 Å². The Morgan fingerprint density at radius 1 is 0.736 bits per heavy atom. The summed E-state index contributed by atoms with van der Waals surface area (Å²) in [6.07, 6.45) is 0. The average molecular weight is 876 g/mol. The van der Waals surface area contributed by atoms with E-state index < -0.39 is 67.7 Å². The van der Waals surface area contributed by atoms with Crippen LogP contribution in [0.5, 0.6) is 0 Å². The molecular weight excluding hydrogens is 858 g/mol. The van der Waals surface area contributed by atoms with Gasteiger partial charge in [-0.3, -0.25) is 18.5 Å². The molecule has 1 aromatic heterocycles. The van der Waals surface area contributed by atoms with E-state index in [1.54, 1.807) is 0 Å². The number of halogens is 3. The van der Waals surface area contributed by atoms with Crippen molar-refractivity contribution in [3.05, 3.63) is 69.9 Å². The molecule has 1 atom stereocenters. The van der Waals surface area contributed by atoms with E-state index >= 15 is 0 Å². The van der Waals surface area contributed by atoms with E-state index in [1.807, 2.05) is 0 Å². The molecule has 265 valence electrons. The van der Waals surface area contributed by atoms with Crippen LogP contribution in [0.4, 0.5) is 34.6 Å². The molecule has 1 unspecified atom stereocenters. The fourth-order valence-corrected chi connectivity index (χ4v) is 6.83. The standard InChI is InChI=1S/C25H18Cl3N9O10S3.3Na/c1-11-21(22(38)37(36-11)18-9-16(27)20(10-15(18)26)50(45,46)47)35-34-17-8-13(5-6-19(17)49(42,43)44)30-25-32-23(28)31-24(33-25)29-12-3-2-4-14(7-12)48(39,40)41;;;/h2-10,21H,1H3,(H,39,40,41)(H,42,43,44)(H,45,46,47)(H2,29,30,31,32,33);;;. The third kappa shape index (κ3) is 11.8. The van der Waals surface area contributed by atoms with Gasteiger partial charge in [0.1, 0.15) is 15.5 Å². The van der Waals surface area contributed by atoms with Crippen molar-refractivity contribution in [3.63, 3.8) is 0 Å². The molecule has 0 saturated heterocycles. The maximum atomic E-state index is 13.3. The Bertz CT molecular complexity index is 2480. The number of nitrogens with one attached hydrogen (secondary N) is 2. The Hall–Kier alpha value is -1.39. The quantitative estimate of drug-likeness (QED) is 0.0861. The molecule has 0 aliphatic carbocycles. The van der Waals surface area contributed by atoms with Crippen molar-refractivity contribution >= 4 is 200 Å². The predicted molar refractivity (Wildman–Crippen MR) is 196 cm³/mol. The first-order chi connectivity index (χ1) is 23.2. The zero-order chi connectivity index (χ0) is 36.8. The van der Waals surface area contributed by atoms with E-state index in [2.05, 4.69) is 40.9 Å². The fraction of sp³-hybridized carbons (Fsp3) is 0.0800. The molecule has 28 heteroatoms. The summed E-state index contributed by atoms with van der Waals surface area (Å²) in [5.41, 5.74) is -0.317. The second-order valence-corrected chi connectivity index (χ2v) is 15.2. The SMILES string of the molecule is CC1=NN(c2cc(Cl)c(S(=O)(=O)O)cc2Cl)C(=O)C1N=Nc1cc(Nc2nc(Cl)nc(Nc3cccc(S(=O)(=O)O)c3)n2)ccc1S(=O)(=O)O.[Na].[Na].[Na]. The molecular formula is C25H18Cl3N9Na3O10S3. The van der Waals surface area contributed by atoms with Crippen molar-refractivity contribution in [2.24, 2.45) is 15.3 Å². The van der Waals surface area contributed by atoms with Gasteiger partial charge in [0.25, 0.3) is 36.3 Å². The molecule has 4 aromatic rings. The first-order valence-electron chi connectivity index (χ1n) is 13.1. The number of hydrogen-bond acceptors (Lipinski definition) is 15. The second-order valence-electron chi connectivity index (χ2n) is 9.88. The number of hydrazone groups is 1. The maximum Gasteiger partial charge on any atom is 0.296 e. The second kappa shape index (κ2) is 18.7. The molecule has 0 bridgehead atoms. The summed E-state index contributed by atoms with van der Waals surface area (Å²) in [5.74, 6) is -1.21. The summed E-state index contributed by atoms with van der Waals surface area (Å²) in [6.45, 7) is 1.39. The van der Waals surface area contributed by atoms with Crippen molar-refractivity contribution in [1.82, 2.24) is 15.0 Å². The van der Waals surface area contributed by atoms with Crippen LogP contribution in [-0.2, 0) is 35.1 Å². The molecule has 3 radical (unpaired) electrons. The number of azo groups is 1. The minimum Gasteiger partial charge on any atom is -0.324 e. The smallest absolute Gasteiger partial charge is 0.296 e. The Morgan fingerprint density at radius 2 is 1.32 bits per heavy atom. The van der Waals surface area contributed by atoms with Crippen LogP contribution >= 0.6 is 34.8 Å². The van der Waals surface area contributed by atoms with Gasteiger partial charge in [-0.15, -0.1) is 0 Å². The molecule has 0 spiro atoms. The van der Waals surface area contributed by atoms with Gasteiger partial charge in [0.2, 0.25) is 17.2 Å². The topological polar surface area (TPSA) is 283 Å². The maximum absolute atomic E-state index is 13.3. The predicted octanol–water partition coefficient (Wildman–Crippen LogP) is 3.79. The molecule has 1 amide bonds. The van der Waals surface area contributed by atoms with Crippen LogP contribution in [0.3, 0.4) is 0 Å². The summed E-state index contributed by atoms with van der Waals surface area (Å²) in [6, 6.07) is 8.72. The van der Waals surface area contributed by atoms with Crippen LogP contribution in [0, 0.1) is 0 Å². The Balaban J connectivity index is 0.00000324. The molecule has 5 N–H and O–H groups in total. The third-order valence-corrected chi connectivity index (χ3v) is 9.91. The van der Waals surface area contributed by atoms with Gasteiger partial charge in [-0.05, 0) is 67.1 Å². The molecule has 0 fully saturated rings. The Morgan fingerprint density at radius 3 is 1.89 bits per heavy atom. The van der Waals surface area contributed by atoms with Gasteiger partial charge in [-0.25, -0.2) is 0 Å². The molecule has 1 aliphatic rings. The summed E-state index contributed by atoms with van der Waals surface area (Å²) >= 11 is 18.1. The summed E-state index contributed by atoms with van der Waals surface area (Å²) in [5, 5.41) is 17.0. The molecule has 0 saturated carbocycles. The number of hydrogen-bond donors (Lipinski definition) is 5. The van der Waals surface area contributed by atoms with E-state index in [9.17, 15) is 43.7 Å². The normalized spacial score (nSPS) is 14.5. The van der Waals surface area contributed by atoms with Crippen LogP contribution in [0.2, 0.25) is 15.3 Å². The molecule has 2 heterocycles. The average Bonchev–Trinajstić information content (AvgIpc) is 3.27. The number of benzene rings is 3. The van der Waals surface area contributed by atoms with Gasteiger partial charge < -0.3 is 10.6 Å². The number of nitrogens with zero attached hydrogens (tertiary/aromatic N) is 7. The zero-order valence-electron chi connectivity index (χ0n) is 27.5. The van der Waals surface area contributed by atoms with Crippen molar-refractivity contribution < 1.29 is 43.7 Å². The molecule has 3 aromatic carbocycles. The van der Waals surface area contributed by atoms with Gasteiger partial charge in [0.05, 0.1) is 26.3 Å². The number of aromatic nitrogens is 3. The first kappa shape index (κ1) is 47.8. The van der Waals surface area contributed by atoms with Gasteiger partial charge in [0, 0.05) is 100 Å². The van der Waals surface area contributed by atoms with Crippen LogP contribution < -0.4 is 15.6 Å². The third-order valence-electron chi connectivity index (χ3n) is 6.37. The minimum absolute atomic E-state index is 0. The largest absolute Gasteiger partial charge is 0.324 e. The van der Waals surface area contributed by atoms with Crippen LogP contribution in [0.15, 0.2) is 84.6 Å². The number of carbonyl (C=O) groups excluding carboxylic acids is 1. The molecule has 1 aliphatic heterocycles. The summed E-state index contributed by atoms with van der Waals surface area (Å²) in [7, 11) is -14.1. The number of rotatable bonds is 10.